The zero-order valence-corrected chi connectivity index (χ0v) is 13.3. The van der Waals surface area contributed by atoms with E-state index < -0.39 is 0 Å². The van der Waals surface area contributed by atoms with Crippen LogP contribution in [0.25, 0.3) is 0 Å². The number of benzene rings is 1. The highest BCUT2D eigenvalue weighted by molar-refractivity contribution is 5.41. The van der Waals surface area contributed by atoms with Gasteiger partial charge in [-0.15, -0.1) is 0 Å². The van der Waals surface area contributed by atoms with Crippen LogP contribution < -0.4 is 10.1 Å². The van der Waals surface area contributed by atoms with E-state index in [1.54, 1.807) is 0 Å². The first kappa shape index (κ1) is 15.5. The van der Waals surface area contributed by atoms with Crippen molar-refractivity contribution < 1.29 is 4.74 Å². The van der Waals surface area contributed by atoms with Crippen molar-refractivity contribution in [1.82, 2.24) is 10.3 Å². The molecule has 1 heterocycles. The zero-order valence-electron chi connectivity index (χ0n) is 13.3. The Kier molecular flexibility index (Phi) is 5.34. The summed E-state index contributed by atoms with van der Waals surface area (Å²) in [5, 5.41) is 3.43. The molecule has 1 aromatic carbocycles. The molecule has 0 saturated heterocycles. The van der Waals surface area contributed by atoms with E-state index in [2.05, 4.69) is 37.1 Å². The predicted octanol–water partition coefficient (Wildman–Crippen LogP) is 4.42. The summed E-state index contributed by atoms with van der Waals surface area (Å²) in [5.41, 5.74) is 3.19. The van der Waals surface area contributed by atoms with Crippen LogP contribution in [0.15, 0.2) is 36.4 Å². The maximum absolute atomic E-state index is 6.15. The van der Waals surface area contributed by atoms with Gasteiger partial charge in [0.05, 0.1) is 5.69 Å². The number of rotatable bonds is 6. The fourth-order valence-corrected chi connectivity index (χ4v) is 2.41. The summed E-state index contributed by atoms with van der Waals surface area (Å²) in [5.74, 6) is 1.74. The molecule has 0 aliphatic heterocycles. The lowest BCUT2D eigenvalue weighted by atomic mass is 10.1. The molecule has 112 valence electrons. The molecule has 0 aliphatic rings. The molecule has 0 radical (unpaired) electrons. The largest absolute Gasteiger partial charge is 0.455 e. The summed E-state index contributed by atoms with van der Waals surface area (Å²) in [6, 6.07) is 12.4. The summed E-state index contributed by atoms with van der Waals surface area (Å²) in [4.78, 5) is 4.56. The number of nitrogens with one attached hydrogen (secondary N) is 1. The molecule has 1 unspecified atom stereocenters. The van der Waals surface area contributed by atoms with Crippen molar-refractivity contribution in [3.63, 3.8) is 0 Å². The first-order valence-corrected chi connectivity index (χ1v) is 7.62. The summed E-state index contributed by atoms with van der Waals surface area (Å²) in [6.07, 6.45) is 0.863. The van der Waals surface area contributed by atoms with Gasteiger partial charge in [0.1, 0.15) is 11.5 Å². The Morgan fingerprint density at radius 2 is 1.86 bits per heavy atom. The molecule has 0 spiro atoms. The molecule has 21 heavy (non-hydrogen) atoms. The quantitative estimate of drug-likeness (QED) is 0.853. The Labute approximate surface area is 127 Å². The van der Waals surface area contributed by atoms with Crippen LogP contribution in [0, 0.1) is 6.92 Å². The van der Waals surface area contributed by atoms with Crippen LogP contribution in [0.3, 0.4) is 0 Å². The molecule has 3 nitrogen and oxygen atoms in total. The topological polar surface area (TPSA) is 34.1 Å². The Bertz CT molecular complexity index is 596. The first-order valence-electron chi connectivity index (χ1n) is 7.62. The van der Waals surface area contributed by atoms with Crippen molar-refractivity contribution in [2.75, 3.05) is 6.54 Å². The van der Waals surface area contributed by atoms with Crippen molar-refractivity contribution in [3.05, 3.63) is 53.3 Å². The van der Waals surface area contributed by atoms with Crippen LogP contribution >= 0.6 is 0 Å². The van der Waals surface area contributed by atoms with Gasteiger partial charge in [-0.3, -0.25) is 4.98 Å². The minimum absolute atomic E-state index is 0.259. The second-order valence-corrected chi connectivity index (χ2v) is 5.17. The minimum Gasteiger partial charge on any atom is -0.455 e. The van der Waals surface area contributed by atoms with Gasteiger partial charge in [-0.1, -0.05) is 32.0 Å². The molecule has 0 saturated carbocycles. The highest BCUT2D eigenvalue weighted by atomic mass is 16.5. The van der Waals surface area contributed by atoms with Gasteiger partial charge in [0.2, 0.25) is 0 Å². The van der Waals surface area contributed by atoms with Crippen LogP contribution in [0.1, 0.15) is 43.8 Å². The van der Waals surface area contributed by atoms with Gasteiger partial charge >= 0.3 is 0 Å². The summed E-state index contributed by atoms with van der Waals surface area (Å²) in [7, 11) is 0. The lowest BCUT2D eigenvalue weighted by molar-refractivity contribution is 0.455. The highest BCUT2D eigenvalue weighted by Crippen LogP contribution is 2.31. The van der Waals surface area contributed by atoms with Gasteiger partial charge in [-0.2, -0.15) is 0 Å². The van der Waals surface area contributed by atoms with E-state index in [1.165, 1.54) is 5.56 Å². The van der Waals surface area contributed by atoms with Crippen LogP contribution in [0.5, 0.6) is 11.5 Å². The number of aromatic nitrogens is 1. The molecule has 0 bridgehead atoms. The number of nitrogens with zero attached hydrogens (tertiary/aromatic N) is 1. The molecule has 2 aromatic rings. The molecule has 2 rings (SSSR count). The van der Waals surface area contributed by atoms with E-state index in [4.69, 9.17) is 4.74 Å². The summed E-state index contributed by atoms with van der Waals surface area (Å²) in [6.45, 7) is 9.30. The summed E-state index contributed by atoms with van der Waals surface area (Å²) < 4.78 is 6.15. The van der Waals surface area contributed by atoms with Crippen LogP contribution in [-0.2, 0) is 6.42 Å². The fourth-order valence-electron chi connectivity index (χ4n) is 2.41. The van der Waals surface area contributed by atoms with Crippen LogP contribution in [-0.4, -0.2) is 11.5 Å². The predicted molar refractivity (Wildman–Crippen MR) is 87.0 cm³/mol. The third kappa shape index (κ3) is 3.82. The fraction of sp³-hybridized carbons (Fsp3) is 0.389. The lowest BCUT2D eigenvalue weighted by Gasteiger charge is -2.18. The molecular formula is C18H24N2O. The maximum atomic E-state index is 6.15. The van der Waals surface area contributed by atoms with Crippen molar-refractivity contribution in [2.24, 2.45) is 0 Å². The molecule has 0 fully saturated rings. The third-order valence-electron chi connectivity index (χ3n) is 3.52. The van der Waals surface area contributed by atoms with E-state index in [1.807, 2.05) is 37.3 Å². The first-order chi connectivity index (χ1) is 10.2. The van der Waals surface area contributed by atoms with E-state index in [-0.39, 0.29) is 6.04 Å². The molecule has 1 N–H and O–H groups in total. The second kappa shape index (κ2) is 7.23. The van der Waals surface area contributed by atoms with Crippen molar-refractivity contribution in [1.29, 1.82) is 0 Å². The Morgan fingerprint density at radius 1 is 1.10 bits per heavy atom. The smallest absolute Gasteiger partial charge is 0.148 e. The molecule has 3 heteroatoms. The van der Waals surface area contributed by atoms with E-state index in [0.29, 0.717) is 0 Å². The Balaban J connectivity index is 2.31. The van der Waals surface area contributed by atoms with Gasteiger partial charge in [0.25, 0.3) is 0 Å². The monoisotopic (exact) mass is 284 g/mol. The normalized spacial score (nSPS) is 12.2. The second-order valence-electron chi connectivity index (χ2n) is 5.17. The molecule has 1 aromatic heterocycles. The van der Waals surface area contributed by atoms with Crippen LogP contribution in [0.4, 0.5) is 0 Å². The SMILES string of the molecule is CCNC(C)c1ccccc1Oc1ccc(C)nc1CC. The molecule has 0 aliphatic carbocycles. The number of hydrogen-bond acceptors (Lipinski definition) is 3. The Morgan fingerprint density at radius 3 is 2.57 bits per heavy atom. The van der Waals surface area contributed by atoms with Crippen molar-refractivity contribution >= 4 is 0 Å². The minimum atomic E-state index is 0.259. The van der Waals surface area contributed by atoms with E-state index in [0.717, 1.165) is 35.9 Å². The summed E-state index contributed by atoms with van der Waals surface area (Å²) >= 11 is 0. The average Bonchev–Trinajstić information content (AvgIpc) is 2.49. The van der Waals surface area contributed by atoms with Gasteiger partial charge in [0, 0.05) is 17.3 Å². The van der Waals surface area contributed by atoms with Gasteiger partial charge in [0.15, 0.2) is 0 Å². The standard InChI is InChI=1S/C18H24N2O/c1-5-16-18(12-11-13(3)20-16)21-17-10-8-7-9-15(17)14(4)19-6-2/h7-12,14,19H,5-6H2,1-4H3. The number of ether oxygens (including phenoxy) is 1. The lowest BCUT2D eigenvalue weighted by Crippen LogP contribution is -2.18. The molecule has 0 amide bonds. The van der Waals surface area contributed by atoms with Crippen LogP contribution in [0.2, 0.25) is 0 Å². The number of hydrogen-bond donors (Lipinski definition) is 1. The zero-order chi connectivity index (χ0) is 15.2. The Hall–Kier alpha value is -1.87. The van der Waals surface area contributed by atoms with E-state index in [9.17, 15) is 0 Å². The van der Waals surface area contributed by atoms with E-state index >= 15 is 0 Å². The van der Waals surface area contributed by atoms with Gasteiger partial charge in [-0.25, -0.2) is 0 Å². The van der Waals surface area contributed by atoms with Gasteiger partial charge < -0.3 is 10.1 Å². The average molecular weight is 284 g/mol. The number of aryl methyl sites for hydroxylation is 2. The van der Waals surface area contributed by atoms with Crippen molar-refractivity contribution in [2.45, 2.75) is 40.2 Å². The van der Waals surface area contributed by atoms with Gasteiger partial charge in [-0.05, 0) is 45.0 Å². The third-order valence-corrected chi connectivity index (χ3v) is 3.52. The molecule has 1 atom stereocenters. The number of pyridine rings is 1. The number of para-hydroxylation sites is 1. The van der Waals surface area contributed by atoms with Crippen molar-refractivity contribution in [3.8, 4) is 11.5 Å². The molecular weight excluding hydrogens is 260 g/mol. The highest BCUT2D eigenvalue weighted by Gasteiger charge is 2.12. The maximum Gasteiger partial charge on any atom is 0.148 e.